The van der Waals surface area contributed by atoms with Gasteiger partial charge in [0, 0.05) is 11.3 Å². The summed E-state index contributed by atoms with van der Waals surface area (Å²) in [4.78, 5) is 0. The zero-order valence-corrected chi connectivity index (χ0v) is 9.08. The third-order valence-electron chi connectivity index (χ3n) is 3.13. The number of hydrogen-bond donors (Lipinski definition) is 1. The molecule has 3 rings (SSSR count). The highest BCUT2D eigenvalue weighted by Crippen LogP contribution is 2.35. The molecule has 0 fully saturated rings. The summed E-state index contributed by atoms with van der Waals surface area (Å²) in [5.74, 6) is -1.54. The Morgan fingerprint density at radius 1 is 1.00 bits per heavy atom. The van der Waals surface area contributed by atoms with E-state index in [0.717, 1.165) is 17.3 Å². The van der Waals surface area contributed by atoms with E-state index < -0.39 is 11.6 Å². The molecule has 17 heavy (non-hydrogen) atoms. The highest BCUT2D eigenvalue weighted by Gasteiger charge is 2.24. The summed E-state index contributed by atoms with van der Waals surface area (Å²) < 4.78 is 26.8. The zero-order chi connectivity index (χ0) is 11.8. The van der Waals surface area contributed by atoms with Crippen LogP contribution in [0.5, 0.6) is 0 Å². The molecule has 2 aromatic carbocycles. The van der Waals surface area contributed by atoms with Gasteiger partial charge in [-0.25, -0.2) is 8.78 Å². The molecule has 86 valence electrons. The Hall–Kier alpha value is -1.90. The molecular weight excluding hydrogens is 220 g/mol. The van der Waals surface area contributed by atoms with Crippen molar-refractivity contribution in [1.82, 2.24) is 0 Å². The fourth-order valence-corrected chi connectivity index (χ4v) is 2.28. The van der Waals surface area contributed by atoms with Crippen LogP contribution in [0.4, 0.5) is 14.5 Å². The van der Waals surface area contributed by atoms with Gasteiger partial charge in [-0.3, -0.25) is 0 Å². The Morgan fingerprint density at radius 3 is 2.65 bits per heavy atom. The van der Waals surface area contributed by atoms with E-state index in [4.69, 9.17) is 0 Å². The Kier molecular flexibility index (Phi) is 2.32. The lowest BCUT2D eigenvalue weighted by Crippen LogP contribution is -2.09. The minimum Gasteiger partial charge on any atom is -0.378 e. The minimum absolute atomic E-state index is 0.178. The molecule has 1 nitrogen and oxygen atoms in total. The maximum Gasteiger partial charge on any atom is 0.164 e. The number of nitrogens with one attached hydrogen (secondary N) is 1. The maximum atomic E-state index is 13.7. The number of hydrogen-bond acceptors (Lipinski definition) is 1. The van der Waals surface area contributed by atoms with E-state index in [1.807, 2.05) is 24.3 Å². The first-order valence-corrected chi connectivity index (χ1v) is 5.54. The topological polar surface area (TPSA) is 12.0 Å². The largest absolute Gasteiger partial charge is 0.378 e. The molecule has 1 unspecified atom stereocenters. The second kappa shape index (κ2) is 3.84. The summed E-state index contributed by atoms with van der Waals surface area (Å²) >= 11 is 0. The predicted molar refractivity (Wildman–Crippen MR) is 62.9 cm³/mol. The van der Waals surface area contributed by atoms with E-state index in [2.05, 4.69) is 5.32 Å². The zero-order valence-electron chi connectivity index (χ0n) is 9.08. The van der Waals surface area contributed by atoms with Crippen LogP contribution >= 0.6 is 0 Å². The van der Waals surface area contributed by atoms with E-state index in [-0.39, 0.29) is 6.04 Å². The van der Waals surface area contributed by atoms with Gasteiger partial charge < -0.3 is 5.32 Å². The van der Waals surface area contributed by atoms with Crippen molar-refractivity contribution in [2.24, 2.45) is 0 Å². The van der Waals surface area contributed by atoms with Crippen molar-refractivity contribution >= 4 is 5.69 Å². The predicted octanol–water partition coefficient (Wildman–Crippen LogP) is 3.67. The molecule has 1 aliphatic rings. The Balaban J connectivity index is 1.97. The molecule has 3 heteroatoms. The number of rotatable bonds is 1. The Morgan fingerprint density at radius 2 is 1.82 bits per heavy atom. The van der Waals surface area contributed by atoms with Crippen LogP contribution < -0.4 is 5.32 Å². The quantitative estimate of drug-likeness (QED) is 0.789. The molecule has 0 radical (unpaired) electrons. The minimum atomic E-state index is -0.791. The molecule has 1 aliphatic heterocycles. The van der Waals surface area contributed by atoms with Crippen LogP contribution in [0.25, 0.3) is 0 Å². The van der Waals surface area contributed by atoms with E-state index in [0.29, 0.717) is 12.0 Å². The van der Waals surface area contributed by atoms with Gasteiger partial charge in [-0.2, -0.15) is 0 Å². The summed E-state index contributed by atoms with van der Waals surface area (Å²) in [7, 11) is 0. The normalized spacial score (nSPS) is 17.6. The Bertz CT molecular complexity index is 541. The highest BCUT2D eigenvalue weighted by atomic mass is 19.2. The molecule has 0 bridgehead atoms. The number of anilines is 1. The van der Waals surface area contributed by atoms with E-state index in [9.17, 15) is 8.78 Å². The lowest BCUT2D eigenvalue weighted by Gasteiger charge is -2.12. The standard InChI is InChI=1S/C14H11F2N/c15-11-6-3-5-10(14(11)16)13-8-9-4-1-2-7-12(9)17-13/h1-7,13,17H,8H2. The summed E-state index contributed by atoms with van der Waals surface area (Å²) in [6, 6.07) is 12.0. The second-order valence-corrected chi connectivity index (χ2v) is 4.20. The number of halogens is 2. The fourth-order valence-electron chi connectivity index (χ4n) is 2.28. The van der Waals surface area contributed by atoms with Crippen molar-refractivity contribution in [2.75, 3.05) is 5.32 Å². The third kappa shape index (κ3) is 1.68. The molecular formula is C14H11F2N. The first-order valence-electron chi connectivity index (χ1n) is 5.54. The molecule has 1 atom stereocenters. The first kappa shape index (κ1) is 10.3. The van der Waals surface area contributed by atoms with Crippen molar-refractivity contribution in [3.63, 3.8) is 0 Å². The van der Waals surface area contributed by atoms with Crippen LogP contribution in [-0.2, 0) is 6.42 Å². The third-order valence-corrected chi connectivity index (χ3v) is 3.13. The van der Waals surface area contributed by atoms with Gasteiger partial charge in [0.2, 0.25) is 0 Å². The average Bonchev–Trinajstić information content (AvgIpc) is 2.76. The number of para-hydroxylation sites is 1. The maximum absolute atomic E-state index is 13.7. The van der Waals surface area contributed by atoms with Crippen molar-refractivity contribution in [3.05, 3.63) is 65.2 Å². The van der Waals surface area contributed by atoms with Gasteiger partial charge >= 0.3 is 0 Å². The van der Waals surface area contributed by atoms with Gasteiger partial charge in [0.1, 0.15) is 0 Å². The first-order chi connectivity index (χ1) is 8.25. The van der Waals surface area contributed by atoms with Gasteiger partial charge in [-0.15, -0.1) is 0 Å². The lowest BCUT2D eigenvalue weighted by molar-refractivity contribution is 0.493. The van der Waals surface area contributed by atoms with Gasteiger partial charge in [0.05, 0.1) is 6.04 Å². The molecule has 0 saturated heterocycles. The molecule has 1 heterocycles. The lowest BCUT2D eigenvalue weighted by atomic mass is 10.0. The van der Waals surface area contributed by atoms with Crippen molar-refractivity contribution in [1.29, 1.82) is 0 Å². The Labute approximate surface area is 98.1 Å². The van der Waals surface area contributed by atoms with Gasteiger partial charge in [-0.1, -0.05) is 30.3 Å². The van der Waals surface area contributed by atoms with E-state index in [1.54, 1.807) is 12.1 Å². The molecule has 2 aromatic rings. The van der Waals surface area contributed by atoms with Gasteiger partial charge in [0.15, 0.2) is 11.6 Å². The van der Waals surface area contributed by atoms with Crippen LogP contribution in [0, 0.1) is 11.6 Å². The molecule has 0 saturated carbocycles. The van der Waals surface area contributed by atoms with Crippen molar-refractivity contribution in [2.45, 2.75) is 12.5 Å². The number of benzene rings is 2. The van der Waals surface area contributed by atoms with Gasteiger partial charge in [-0.05, 0) is 24.1 Å². The van der Waals surface area contributed by atoms with Crippen LogP contribution in [0.2, 0.25) is 0 Å². The van der Waals surface area contributed by atoms with Gasteiger partial charge in [0.25, 0.3) is 0 Å². The molecule has 0 aromatic heterocycles. The monoisotopic (exact) mass is 231 g/mol. The smallest absolute Gasteiger partial charge is 0.164 e. The summed E-state index contributed by atoms with van der Waals surface area (Å²) in [5.41, 5.74) is 2.53. The van der Waals surface area contributed by atoms with Crippen molar-refractivity contribution in [3.8, 4) is 0 Å². The molecule has 0 amide bonds. The van der Waals surface area contributed by atoms with Crippen LogP contribution in [0.1, 0.15) is 17.2 Å². The van der Waals surface area contributed by atoms with E-state index in [1.165, 1.54) is 0 Å². The van der Waals surface area contributed by atoms with E-state index >= 15 is 0 Å². The number of fused-ring (bicyclic) bond motifs is 1. The van der Waals surface area contributed by atoms with Crippen LogP contribution in [0.3, 0.4) is 0 Å². The second-order valence-electron chi connectivity index (χ2n) is 4.20. The van der Waals surface area contributed by atoms with Crippen LogP contribution in [-0.4, -0.2) is 0 Å². The summed E-state index contributed by atoms with van der Waals surface area (Å²) in [6.07, 6.45) is 0.691. The molecule has 0 aliphatic carbocycles. The summed E-state index contributed by atoms with van der Waals surface area (Å²) in [5, 5.41) is 3.21. The SMILES string of the molecule is Fc1cccc(C2Cc3ccccc3N2)c1F. The van der Waals surface area contributed by atoms with Crippen LogP contribution in [0.15, 0.2) is 42.5 Å². The molecule has 0 spiro atoms. The highest BCUT2D eigenvalue weighted by molar-refractivity contribution is 5.58. The average molecular weight is 231 g/mol. The fraction of sp³-hybridized carbons (Fsp3) is 0.143. The van der Waals surface area contributed by atoms with Crippen molar-refractivity contribution < 1.29 is 8.78 Å². The summed E-state index contributed by atoms with van der Waals surface area (Å²) in [6.45, 7) is 0. The molecule has 1 N–H and O–H groups in total.